The fourth-order valence-electron chi connectivity index (χ4n) is 6.45. The fourth-order valence-corrected chi connectivity index (χ4v) is 8.06. The summed E-state index contributed by atoms with van der Waals surface area (Å²) in [6, 6.07) is 15.7. The Morgan fingerprint density at radius 3 is 2.33 bits per heavy atom. The Kier molecular flexibility index (Phi) is 14.2. The number of carbonyl (C=O) groups is 2. The van der Waals surface area contributed by atoms with E-state index in [1.165, 1.54) is 26.6 Å². The maximum atomic E-state index is 13.6. The van der Waals surface area contributed by atoms with Crippen molar-refractivity contribution in [3.8, 4) is 11.5 Å². The molecular weight excluding hydrogens is 729 g/mol. The summed E-state index contributed by atoms with van der Waals surface area (Å²) in [4.78, 5) is 29.3. The summed E-state index contributed by atoms with van der Waals surface area (Å²) in [5.74, 6) is -1.10. The second-order valence-electron chi connectivity index (χ2n) is 12.6. The zero-order valence-corrected chi connectivity index (χ0v) is 31.6. The molecule has 1 saturated heterocycles. The summed E-state index contributed by atoms with van der Waals surface area (Å²) in [6.45, 7) is 3.95. The molecule has 1 aliphatic rings. The van der Waals surface area contributed by atoms with E-state index in [4.69, 9.17) is 42.1 Å². The van der Waals surface area contributed by atoms with Crippen molar-refractivity contribution in [3.63, 3.8) is 0 Å². The third kappa shape index (κ3) is 9.94. The summed E-state index contributed by atoms with van der Waals surface area (Å²) in [5, 5.41) is 26.4. The molecule has 4 aromatic rings. The van der Waals surface area contributed by atoms with Gasteiger partial charge >= 0.3 is 5.97 Å². The number of esters is 1. The van der Waals surface area contributed by atoms with Gasteiger partial charge in [-0.1, -0.05) is 59.6 Å². The number of piperidine rings is 1. The summed E-state index contributed by atoms with van der Waals surface area (Å²) in [5.41, 5.74) is 2.42. The van der Waals surface area contributed by atoms with Crippen LogP contribution in [0.1, 0.15) is 61.6 Å². The molecule has 11 nitrogen and oxygen atoms in total. The number of carboxylic acid groups (broad SMARTS) is 1. The average Bonchev–Trinajstić information content (AvgIpc) is 3.57. The van der Waals surface area contributed by atoms with E-state index in [0.717, 1.165) is 54.1 Å². The molecule has 1 fully saturated rings. The molecule has 2 N–H and O–H groups in total. The minimum Gasteiger partial charge on any atom is -0.544 e. The number of aromatic carboxylic acids is 1. The summed E-state index contributed by atoms with van der Waals surface area (Å²) in [7, 11) is 4.75. The summed E-state index contributed by atoms with van der Waals surface area (Å²) in [6.07, 6.45) is 4.68. The summed E-state index contributed by atoms with van der Waals surface area (Å²) >= 11 is 14.2. The number of rotatable bonds is 17. The molecule has 1 aliphatic heterocycles. The van der Waals surface area contributed by atoms with Crippen LogP contribution in [0.15, 0.2) is 67.0 Å². The van der Waals surface area contributed by atoms with E-state index < -0.39 is 23.9 Å². The lowest BCUT2D eigenvalue weighted by Crippen LogP contribution is -2.38. The Morgan fingerprint density at radius 2 is 1.69 bits per heavy atom. The van der Waals surface area contributed by atoms with Crippen LogP contribution in [0, 0.1) is 5.92 Å². The molecule has 5 rings (SSSR count). The first-order chi connectivity index (χ1) is 25.1. The maximum absolute atomic E-state index is 13.6. The van der Waals surface area contributed by atoms with E-state index in [1.807, 2.05) is 36.4 Å². The highest BCUT2D eigenvalue weighted by Crippen LogP contribution is 2.41. The molecule has 0 radical (unpaired) electrons. The van der Waals surface area contributed by atoms with Gasteiger partial charge in [0.1, 0.15) is 16.1 Å². The maximum Gasteiger partial charge on any atom is 0.327 e. The van der Waals surface area contributed by atoms with E-state index in [-0.39, 0.29) is 33.8 Å². The number of thiophene rings is 1. The number of nitrogens with zero attached hydrogens (tertiary/aromatic N) is 2. The molecule has 0 bridgehead atoms. The number of benzene rings is 2. The number of methoxy groups -OCH3 is 3. The molecule has 0 amide bonds. The molecule has 0 saturated carbocycles. The van der Waals surface area contributed by atoms with Crippen molar-refractivity contribution in [2.24, 2.45) is 5.92 Å². The number of nitrogens with one attached hydrogen (secondary N) is 1. The van der Waals surface area contributed by atoms with Gasteiger partial charge in [-0.2, -0.15) is 0 Å². The van der Waals surface area contributed by atoms with Crippen LogP contribution in [0.4, 0.5) is 0 Å². The van der Waals surface area contributed by atoms with Crippen molar-refractivity contribution in [1.82, 2.24) is 10.2 Å². The van der Waals surface area contributed by atoms with Crippen molar-refractivity contribution < 1.29 is 43.6 Å². The van der Waals surface area contributed by atoms with E-state index in [2.05, 4.69) is 10.2 Å². The van der Waals surface area contributed by atoms with Gasteiger partial charge in [-0.05, 0) is 73.2 Å². The van der Waals surface area contributed by atoms with Crippen LogP contribution < -0.4 is 24.6 Å². The molecule has 278 valence electrons. The van der Waals surface area contributed by atoms with Gasteiger partial charge in [0, 0.05) is 41.3 Å². The monoisotopic (exact) mass is 771 g/mol. The van der Waals surface area contributed by atoms with Gasteiger partial charge in [0.25, 0.3) is 0 Å². The molecule has 2 aromatic carbocycles. The lowest BCUT2D eigenvalue weighted by atomic mass is 9.85. The Hall–Kier alpha value is -3.91. The number of pyridine rings is 1. The Labute approximate surface area is 317 Å². The molecule has 0 aliphatic carbocycles. The normalized spacial score (nSPS) is 14.9. The molecule has 52 heavy (non-hydrogen) atoms. The van der Waals surface area contributed by atoms with Crippen LogP contribution in [0.25, 0.3) is 0 Å². The number of halogens is 2. The highest BCUT2D eigenvalue weighted by atomic mass is 35.5. The van der Waals surface area contributed by atoms with E-state index in [9.17, 15) is 19.9 Å². The van der Waals surface area contributed by atoms with Crippen LogP contribution in [-0.2, 0) is 27.2 Å². The van der Waals surface area contributed by atoms with Gasteiger partial charge in [-0.15, -0.1) is 11.3 Å². The number of aromatic nitrogens is 1. The third-order valence-corrected chi connectivity index (χ3v) is 11.1. The van der Waals surface area contributed by atoms with Gasteiger partial charge in [0.05, 0.1) is 38.3 Å². The van der Waals surface area contributed by atoms with Crippen LogP contribution in [0.5, 0.6) is 11.5 Å². The SMILES string of the molecule is COCCN1CCC(COC(=O)C(NCc2cc([C@@H](Cc3c(Cl)c[n+](O)cc3Cl)c3ccc(OC)c(OC)c3)c(C(=O)[O-])s2)c2ccccc2)CC1. The van der Waals surface area contributed by atoms with Crippen molar-refractivity contribution in [2.75, 3.05) is 54.2 Å². The third-order valence-electron chi connectivity index (χ3n) is 9.29. The summed E-state index contributed by atoms with van der Waals surface area (Å²) < 4.78 is 22.9. The van der Waals surface area contributed by atoms with Gasteiger partial charge in [0.2, 0.25) is 12.4 Å². The molecule has 1 unspecified atom stereocenters. The quantitative estimate of drug-likeness (QED) is 0.0853. The predicted molar refractivity (Wildman–Crippen MR) is 196 cm³/mol. The van der Waals surface area contributed by atoms with Crippen molar-refractivity contribution in [1.29, 1.82) is 0 Å². The molecule has 0 spiro atoms. The first-order valence-electron chi connectivity index (χ1n) is 16.9. The van der Waals surface area contributed by atoms with Gasteiger partial charge < -0.3 is 33.7 Å². The zero-order chi connectivity index (χ0) is 37.2. The van der Waals surface area contributed by atoms with Crippen LogP contribution >= 0.6 is 34.5 Å². The zero-order valence-electron chi connectivity index (χ0n) is 29.3. The number of ether oxygens (including phenoxy) is 4. The van der Waals surface area contributed by atoms with E-state index in [0.29, 0.717) is 46.3 Å². The second-order valence-corrected chi connectivity index (χ2v) is 14.6. The lowest BCUT2D eigenvalue weighted by molar-refractivity contribution is -0.904. The topological polar surface area (TPSA) is 134 Å². The second kappa shape index (κ2) is 18.7. The number of hydrogen-bond donors (Lipinski definition) is 2. The lowest BCUT2D eigenvalue weighted by Gasteiger charge is -2.31. The fraction of sp³-hybridized carbons (Fsp3) is 0.395. The van der Waals surface area contributed by atoms with Crippen molar-refractivity contribution >= 4 is 46.5 Å². The average molecular weight is 773 g/mol. The largest absolute Gasteiger partial charge is 0.544 e. The standard InChI is InChI=1S/C38H43Cl2N3O8S/c1-48-16-15-42-13-11-24(12-14-42)23-51-38(46)35(25-7-5-4-6-8-25)41-20-27-18-29(36(52-27)37(44)45)28(19-30-31(39)21-43(47)22-32(30)40)26-9-10-33(49-2)34(17-26)50-3/h4-10,17-18,21-22,24,28,35,41H,11-16,19-20,23H2,1-3H3,(H-,44,45,47)/t28-,35?/m0/s1. The first kappa shape index (κ1) is 39.3. The molecule has 14 heteroatoms. The minimum absolute atomic E-state index is 0.0210. The van der Waals surface area contributed by atoms with Gasteiger partial charge in [-0.3, -0.25) is 10.5 Å². The van der Waals surface area contributed by atoms with Crippen LogP contribution in [0.2, 0.25) is 10.0 Å². The number of likely N-dealkylation sites (tertiary alicyclic amines) is 1. The van der Waals surface area contributed by atoms with Crippen molar-refractivity contribution in [2.45, 2.75) is 37.8 Å². The number of carbonyl (C=O) groups excluding carboxylic acids is 2. The van der Waals surface area contributed by atoms with Gasteiger partial charge in [-0.25, -0.2) is 4.79 Å². The Morgan fingerprint density at radius 1 is 1.00 bits per heavy atom. The number of carboxylic acids is 1. The highest BCUT2D eigenvalue weighted by molar-refractivity contribution is 7.14. The minimum atomic E-state index is -1.34. The molecule has 2 atom stereocenters. The molecule has 2 aromatic heterocycles. The van der Waals surface area contributed by atoms with Gasteiger partial charge in [0.15, 0.2) is 11.5 Å². The van der Waals surface area contributed by atoms with Crippen LogP contribution in [0.3, 0.4) is 0 Å². The predicted octanol–water partition coefficient (Wildman–Crippen LogP) is 5.07. The Bertz CT molecular complexity index is 1790. The smallest absolute Gasteiger partial charge is 0.327 e. The highest BCUT2D eigenvalue weighted by Gasteiger charge is 2.29. The molecular formula is C38H43Cl2N3O8S. The van der Waals surface area contributed by atoms with E-state index in [1.54, 1.807) is 25.3 Å². The molecule has 3 heterocycles. The first-order valence-corrected chi connectivity index (χ1v) is 18.5. The van der Waals surface area contributed by atoms with Crippen molar-refractivity contribution in [3.05, 3.63) is 109 Å². The number of hydrogen-bond acceptors (Lipinski definition) is 11. The Balaban J connectivity index is 1.40. The van der Waals surface area contributed by atoms with Crippen LogP contribution in [-0.4, -0.2) is 76.2 Å². The van der Waals surface area contributed by atoms with E-state index >= 15 is 0 Å².